The van der Waals surface area contributed by atoms with E-state index in [-0.39, 0.29) is 5.92 Å². The zero-order valence-corrected chi connectivity index (χ0v) is 19.4. The van der Waals surface area contributed by atoms with Crippen LogP contribution in [0.2, 0.25) is 0 Å². The van der Waals surface area contributed by atoms with Crippen LogP contribution < -0.4 is 4.74 Å². The molecule has 0 aliphatic carbocycles. The smallest absolute Gasteiger partial charge is 0.309 e. The van der Waals surface area contributed by atoms with Gasteiger partial charge >= 0.3 is 5.97 Å². The van der Waals surface area contributed by atoms with Crippen LogP contribution in [0.5, 0.6) is 5.75 Å². The summed E-state index contributed by atoms with van der Waals surface area (Å²) in [6.07, 6.45) is 3.30. The number of aryl methyl sites for hydroxylation is 1. The summed E-state index contributed by atoms with van der Waals surface area (Å²) in [5, 5.41) is 11.2. The van der Waals surface area contributed by atoms with Gasteiger partial charge in [0.25, 0.3) is 0 Å². The fourth-order valence-corrected chi connectivity index (χ4v) is 4.86. The van der Waals surface area contributed by atoms with Gasteiger partial charge in [0.2, 0.25) is 0 Å². The maximum atomic E-state index is 11.1. The molecule has 1 saturated heterocycles. The van der Waals surface area contributed by atoms with Gasteiger partial charge < -0.3 is 9.84 Å². The molecular formula is C27H31NO3S. The average Bonchev–Trinajstić information content (AvgIpc) is 3.30. The monoisotopic (exact) mass is 449 g/mol. The third-order valence-electron chi connectivity index (χ3n) is 6.18. The molecule has 0 radical (unpaired) electrons. The predicted molar refractivity (Wildman–Crippen MR) is 130 cm³/mol. The molecule has 1 atom stereocenters. The van der Waals surface area contributed by atoms with Crippen molar-refractivity contribution < 1.29 is 14.6 Å². The molecule has 32 heavy (non-hydrogen) atoms. The number of carbonyl (C=O) groups is 1. The number of nitrogens with zero attached hydrogens (tertiary/aromatic N) is 1. The van der Waals surface area contributed by atoms with Crippen molar-refractivity contribution in [1.82, 2.24) is 4.90 Å². The van der Waals surface area contributed by atoms with Gasteiger partial charge in [-0.05, 0) is 59.9 Å². The van der Waals surface area contributed by atoms with Gasteiger partial charge in [-0.25, -0.2) is 0 Å². The number of benzene rings is 2. The summed E-state index contributed by atoms with van der Waals surface area (Å²) in [6, 6.07) is 21.2. The minimum Gasteiger partial charge on any atom is -0.493 e. The van der Waals surface area contributed by atoms with Crippen LogP contribution in [-0.4, -0.2) is 35.7 Å². The first-order chi connectivity index (χ1) is 15.6. The first-order valence-corrected chi connectivity index (χ1v) is 12.2. The SMILES string of the molecule is CC(CCOc1ccc(CN2CC(C(=O)O)C2)cc1-c1cccs1)CCc1ccccc1. The van der Waals surface area contributed by atoms with E-state index in [0.717, 1.165) is 37.1 Å². The van der Waals surface area contributed by atoms with E-state index >= 15 is 0 Å². The molecule has 1 N–H and O–H groups in total. The molecular weight excluding hydrogens is 418 g/mol. The fourth-order valence-electron chi connectivity index (χ4n) is 4.11. The van der Waals surface area contributed by atoms with Crippen molar-refractivity contribution in [2.24, 2.45) is 11.8 Å². The summed E-state index contributed by atoms with van der Waals surface area (Å²) < 4.78 is 6.25. The predicted octanol–water partition coefficient (Wildman–Crippen LogP) is 5.97. The highest BCUT2D eigenvalue weighted by Crippen LogP contribution is 2.35. The molecule has 1 aliphatic rings. The second-order valence-electron chi connectivity index (χ2n) is 8.80. The summed E-state index contributed by atoms with van der Waals surface area (Å²) in [7, 11) is 0. The number of likely N-dealkylation sites (tertiary alicyclic amines) is 1. The van der Waals surface area contributed by atoms with Crippen molar-refractivity contribution in [1.29, 1.82) is 0 Å². The summed E-state index contributed by atoms with van der Waals surface area (Å²) in [6.45, 7) is 5.04. The first kappa shape index (κ1) is 22.6. The van der Waals surface area contributed by atoms with Crippen molar-refractivity contribution in [3.05, 3.63) is 77.2 Å². The van der Waals surface area contributed by atoms with Gasteiger partial charge in [-0.2, -0.15) is 0 Å². The maximum Gasteiger partial charge on any atom is 0.309 e. The Kier molecular flexibility index (Phi) is 7.61. The van der Waals surface area contributed by atoms with Crippen molar-refractivity contribution in [3.63, 3.8) is 0 Å². The molecule has 1 aromatic heterocycles. The first-order valence-electron chi connectivity index (χ1n) is 11.4. The molecule has 2 heterocycles. The topological polar surface area (TPSA) is 49.8 Å². The number of carboxylic acid groups (broad SMARTS) is 1. The lowest BCUT2D eigenvalue weighted by atomic mass is 9.98. The number of hydrogen-bond acceptors (Lipinski definition) is 4. The Bertz CT molecular complexity index is 997. The zero-order chi connectivity index (χ0) is 22.3. The molecule has 3 aromatic rings. The van der Waals surface area contributed by atoms with Crippen LogP contribution in [0.25, 0.3) is 10.4 Å². The van der Waals surface area contributed by atoms with Crippen molar-refractivity contribution in [3.8, 4) is 16.2 Å². The lowest BCUT2D eigenvalue weighted by molar-refractivity contribution is -0.147. The second-order valence-corrected chi connectivity index (χ2v) is 9.75. The Balaban J connectivity index is 1.33. The third kappa shape index (κ3) is 5.99. The Morgan fingerprint density at radius 2 is 1.91 bits per heavy atom. The van der Waals surface area contributed by atoms with Crippen LogP contribution in [0.4, 0.5) is 0 Å². The number of ether oxygens (including phenoxy) is 1. The highest BCUT2D eigenvalue weighted by molar-refractivity contribution is 7.13. The summed E-state index contributed by atoms with van der Waals surface area (Å²) >= 11 is 1.72. The third-order valence-corrected chi connectivity index (χ3v) is 7.08. The largest absolute Gasteiger partial charge is 0.493 e. The van der Waals surface area contributed by atoms with Gasteiger partial charge in [-0.3, -0.25) is 9.69 Å². The van der Waals surface area contributed by atoms with Gasteiger partial charge in [0.1, 0.15) is 5.75 Å². The number of hydrogen-bond donors (Lipinski definition) is 1. The van der Waals surface area contributed by atoms with E-state index in [0.29, 0.717) is 25.6 Å². The molecule has 0 spiro atoms. The van der Waals surface area contributed by atoms with Gasteiger partial charge in [-0.15, -0.1) is 11.3 Å². The molecule has 1 unspecified atom stereocenters. The number of thiophene rings is 1. The zero-order valence-electron chi connectivity index (χ0n) is 18.6. The lowest BCUT2D eigenvalue weighted by Crippen LogP contribution is -2.49. The maximum absolute atomic E-state index is 11.1. The molecule has 4 rings (SSSR count). The normalized spacial score (nSPS) is 15.3. The van der Waals surface area contributed by atoms with Gasteiger partial charge in [-0.1, -0.05) is 49.4 Å². The lowest BCUT2D eigenvalue weighted by Gasteiger charge is -2.36. The highest BCUT2D eigenvalue weighted by Gasteiger charge is 2.32. The summed E-state index contributed by atoms with van der Waals surface area (Å²) in [5.41, 5.74) is 3.72. The van der Waals surface area contributed by atoms with E-state index in [1.165, 1.54) is 16.0 Å². The number of carboxylic acids is 1. The van der Waals surface area contributed by atoms with Crippen molar-refractivity contribution >= 4 is 17.3 Å². The Labute approximate surface area is 194 Å². The van der Waals surface area contributed by atoms with E-state index in [4.69, 9.17) is 9.84 Å². The standard InChI is InChI=1S/C27H31NO3S/c1-20(9-10-21-6-3-2-4-7-21)13-14-31-25-12-11-22(16-24(25)26-8-5-15-32-26)17-28-18-23(19-28)27(29)30/h2-8,11-12,15-16,20,23H,9-10,13-14,17-19H2,1H3,(H,29,30). The van der Waals surface area contributed by atoms with Gasteiger partial charge in [0.15, 0.2) is 0 Å². The van der Waals surface area contributed by atoms with Crippen LogP contribution in [0.3, 0.4) is 0 Å². The van der Waals surface area contributed by atoms with E-state index in [2.05, 4.69) is 77.9 Å². The van der Waals surface area contributed by atoms with Gasteiger partial charge in [0.05, 0.1) is 12.5 Å². The van der Waals surface area contributed by atoms with Crippen LogP contribution in [0, 0.1) is 11.8 Å². The van der Waals surface area contributed by atoms with E-state index in [1.807, 2.05) is 0 Å². The van der Waals surface area contributed by atoms with E-state index < -0.39 is 5.97 Å². The molecule has 1 fully saturated rings. The highest BCUT2D eigenvalue weighted by atomic mass is 32.1. The average molecular weight is 450 g/mol. The second kappa shape index (κ2) is 10.8. The minimum atomic E-state index is -0.692. The quantitative estimate of drug-likeness (QED) is 0.392. The summed E-state index contributed by atoms with van der Waals surface area (Å²) in [5.74, 6) is 0.618. The van der Waals surface area contributed by atoms with Crippen LogP contribution >= 0.6 is 11.3 Å². The summed E-state index contributed by atoms with van der Waals surface area (Å²) in [4.78, 5) is 14.4. The Morgan fingerprint density at radius 1 is 1.09 bits per heavy atom. The molecule has 4 nitrogen and oxygen atoms in total. The fraction of sp³-hybridized carbons (Fsp3) is 0.370. The molecule has 1 aliphatic heterocycles. The van der Waals surface area contributed by atoms with Crippen LogP contribution in [-0.2, 0) is 17.8 Å². The van der Waals surface area contributed by atoms with Crippen LogP contribution in [0.1, 0.15) is 30.9 Å². The number of aliphatic carboxylic acids is 1. The van der Waals surface area contributed by atoms with Crippen molar-refractivity contribution in [2.75, 3.05) is 19.7 Å². The molecule has 0 amide bonds. The number of rotatable bonds is 11. The van der Waals surface area contributed by atoms with Crippen molar-refractivity contribution in [2.45, 2.75) is 32.7 Å². The molecule has 0 saturated carbocycles. The van der Waals surface area contributed by atoms with Gasteiger partial charge in [0, 0.05) is 30.1 Å². The van der Waals surface area contributed by atoms with E-state index in [1.54, 1.807) is 11.3 Å². The minimum absolute atomic E-state index is 0.224. The Hall–Kier alpha value is -2.63. The molecule has 168 valence electrons. The molecule has 0 bridgehead atoms. The molecule has 2 aromatic carbocycles. The van der Waals surface area contributed by atoms with Crippen LogP contribution in [0.15, 0.2) is 66.0 Å². The Morgan fingerprint density at radius 3 is 2.62 bits per heavy atom. The van der Waals surface area contributed by atoms with E-state index in [9.17, 15) is 4.79 Å². The molecule has 5 heteroatoms.